The minimum Gasteiger partial charge on any atom is -0.356 e. The molecule has 6 aromatic carbocycles. The van der Waals surface area contributed by atoms with E-state index in [2.05, 4.69) is 152 Å². The molecule has 0 saturated carbocycles. The Morgan fingerprint density at radius 2 is 0.900 bits per heavy atom. The predicted octanol–water partition coefficient (Wildman–Crippen LogP) is 10.8. The summed E-state index contributed by atoms with van der Waals surface area (Å²) in [6.07, 6.45) is 0. The van der Waals surface area contributed by atoms with Crippen LogP contribution in [-0.2, 0) is 0 Å². The molecule has 2 N–H and O–H groups in total. The molecule has 6 rings (SSSR count). The maximum atomic E-state index is 3.82. The molecule has 2 heteroatoms. The van der Waals surface area contributed by atoms with Gasteiger partial charge in [0.25, 0.3) is 0 Å². The van der Waals surface area contributed by atoms with Crippen LogP contribution >= 0.6 is 0 Å². The zero-order valence-corrected chi connectivity index (χ0v) is 22.9. The fourth-order valence-electron chi connectivity index (χ4n) is 5.21. The summed E-state index contributed by atoms with van der Waals surface area (Å²) in [6, 6.07) is 51.5. The van der Waals surface area contributed by atoms with Crippen LogP contribution in [0.1, 0.15) is 11.1 Å². The number of aryl methyl sites for hydroxylation is 2. The second-order valence-corrected chi connectivity index (χ2v) is 10.2. The van der Waals surface area contributed by atoms with Gasteiger partial charge >= 0.3 is 0 Å². The van der Waals surface area contributed by atoms with Crippen molar-refractivity contribution < 1.29 is 0 Å². The van der Waals surface area contributed by atoms with Crippen LogP contribution in [0.15, 0.2) is 146 Å². The van der Waals surface area contributed by atoms with Crippen LogP contribution < -0.4 is 10.6 Å². The molecule has 0 radical (unpaired) electrons. The number of para-hydroxylation sites is 2. The molecule has 0 fully saturated rings. The molecule has 6 aromatic rings. The van der Waals surface area contributed by atoms with Gasteiger partial charge in [-0.05, 0) is 72.5 Å². The van der Waals surface area contributed by atoms with Crippen molar-refractivity contribution in [2.45, 2.75) is 13.8 Å². The lowest BCUT2D eigenvalue weighted by Crippen LogP contribution is -1.99. The second kappa shape index (κ2) is 11.3. The quantitative estimate of drug-likeness (QED) is 0.220. The van der Waals surface area contributed by atoms with E-state index in [9.17, 15) is 0 Å². The Kier molecular flexibility index (Phi) is 7.15. The zero-order chi connectivity index (χ0) is 27.3. The first-order valence-electron chi connectivity index (χ1n) is 13.7. The molecule has 0 aliphatic rings. The van der Waals surface area contributed by atoms with Crippen LogP contribution in [0.5, 0.6) is 0 Å². The van der Waals surface area contributed by atoms with Crippen molar-refractivity contribution in [1.29, 1.82) is 0 Å². The summed E-state index contributed by atoms with van der Waals surface area (Å²) in [5, 5.41) is 7.32. The number of nitrogens with one attached hydrogen (secondary N) is 2. The van der Waals surface area contributed by atoms with Gasteiger partial charge in [-0.25, -0.2) is 0 Å². The maximum absolute atomic E-state index is 3.82. The zero-order valence-electron chi connectivity index (χ0n) is 22.9. The largest absolute Gasteiger partial charge is 0.356 e. The third kappa shape index (κ3) is 5.52. The first-order chi connectivity index (χ1) is 19.6. The highest BCUT2D eigenvalue weighted by Gasteiger charge is 2.18. The molecule has 40 heavy (non-hydrogen) atoms. The summed E-state index contributed by atoms with van der Waals surface area (Å²) in [5.41, 5.74) is 13.9. The highest BCUT2D eigenvalue weighted by atomic mass is 14.9. The highest BCUT2D eigenvalue weighted by molar-refractivity contribution is 6.00. The molecule has 194 valence electrons. The molecule has 0 saturated heterocycles. The van der Waals surface area contributed by atoms with Gasteiger partial charge in [0.1, 0.15) is 0 Å². The third-order valence-electron chi connectivity index (χ3n) is 7.14. The van der Waals surface area contributed by atoms with Crippen molar-refractivity contribution in [2.75, 3.05) is 10.6 Å². The van der Waals surface area contributed by atoms with E-state index >= 15 is 0 Å². The van der Waals surface area contributed by atoms with Crippen molar-refractivity contribution in [3.8, 4) is 33.4 Å². The Morgan fingerprint density at radius 3 is 1.52 bits per heavy atom. The van der Waals surface area contributed by atoms with Crippen LogP contribution in [0.4, 0.5) is 22.7 Å². The fourth-order valence-corrected chi connectivity index (χ4v) is 5.21. The molecule has 0 aromatic heterocycles. The Morgan fingerprint density at radius 1 is 0.375 bits per heavy atom. The van der Waals surface area contributed by atoms with Gasteiger partial charge in [0.2, 0.25) is 0 Å². The van der Waals surface area contributed by atoms with Gasteiger partial charge < -0.3 is 10.6 Å². The van der Waals surface area contributed by atoms with E-state index in [-0.39, 0.29) is 0 Å². The molecule has 0 bridgehead atoms. The van der Waals surface area contributed by atoms with E-state index in [1.807, 2.05) is 18.2 Å². The average Bonchev–Trinajstić information content (AvgIpc) is 2.98. The summed E-state index contributed by atoms with van der Waals surface area (Å²) in [7, 11) is 0. The van der Waals surface area contributed by atoms with Gasteiger partial charge in [0, 0.05) is 28.2 Å². The molecule has 0 unspecified atom stereocenters. The average molecular weight is 517 g/mol. The normalized spacial score (nSPS) is 10.8. The molecular formula is C38H32N2. The lowest BCUT2D eigenvalue weighted by molar-refractivity contribution is 1.44. The molecule has 0 spiro atoms. The van der Waals surface area contributed by atoms with Gasteiger partial charge in [-0.1, -0.05) is 120 Å². The molecule has 0 aliphatic carbocycles. The Labute approximate surface area is 237 Å². The van der Waals surface area contributed by atoms with Gasteiger partial charge in [-0.15, -0.1) is 0 Å². The molecular weight excluding hydrogens is 484 g/mol. The Hall–Kier alpha value is -5.08. The van der Waals surface area contributed by atoms with Gasteiger partial charge in [0.05, 0.1) is 5.69 Å². The smallest absolute Gasteiger partial charge is 0.0549 e. The van der Waals surface area contributed by atoms with E-state index in [4.69, 9.17) is 0 Å². The van der Waals surface area contributed by atoms with Crippen molar-refractivity contribution >= 4 is 22.7 Å². The van der Waals surface area contributed by atoms with Gasteiger partial charge in [-0.3, -0.25) is 0 Å². The summed E-state index contributed by atoms with van der Waals surface area (Å²) in [5.74, 6) is 0. The number of benzene rings is 6. The summed E-state index contributed by atoms with van der Waals surface area (Å²) < 4.78 is 0. The molecule has 2 nitrogen and oxygen atoms in total. The van der Waals surface area contributed by atoms with Crippen molar-refractivity contribution in [3.63, 3.8) is 0 Å². The van der Waals surface area contributed by atoms with Crippen LogP contribution in [0.25, 0.3) is 33.4 Å². The Bertz CT molecular complexity index is 1740. The second-order valence-electron chi connectivity index (χ2n) is 10.2. The number of rotatable bonds is 7. The SMILES string of the molecule is Cc1cccc(-c2ccc(-c3ccc(Nc4ccccc4)cc3)c(-c3cccc(C)c3)c2Nc2ccccc2)c1. The number of anilines is 4. The summed E-state index contributed by atoms with van der Waals surface area (Å²) >= 11 is 0. The van der Waals surface area contributed by atoms with Crippen LogP contribution in [-0.4, -0.2) is 0 Å². The lowest BCUT2D eigenvalue weighted by atomic mass is 9.88. The minimum atomic E-state index is 1.06. The standard InChI is InChI=1S/C38H32N2/c1-27-11-9-13-30(25-27)36-24-23-35(29-19-21-34(22-20-29)39-32-15-5-3-6-16-32)37(31-14-10-12-28(2)26-31)38(36)40-33-17-7-4-8-18-33/h3-26,39-40H,1-2H3. The monoisotopic (exact) mass is 516 g/mol. The summed E-state index contributed by atoms with van der Waals surface area (Å²) in [6.45, 7) is 4.30. The molecule has 0 amide bonds. The number of hydrogen-bond acceptors (Lipinski definition) is 2. The molecule has 0 heterocycles. The topological polar surface area (TPSA) is 24.1 Å². The molecule has 0 atom stereocenters. The van der Waals surface area contributed by atoms with Crippen molar-refractivity contribution in [1.82, 2.24) is 0 Å². The van der Waals surface area contributed by atoms with E-state index in [1.165, 1.54) is 44.5 Å². The summed E-state index contributed by atoms with van der Waals surface area (Å²) in [4.78, 5) is 0. The first kappa shape index (κ1) is 25.2. The predicted molar refractivity (Wildman–Crippen MR) is 172 cm³/mol. The van der Waals surface area contributed by atoms with E-state index in [0.717, 1.165) is 22.7 Å². The maximum Gasteiger partial charge on any atom is 0.0549 e. The van der Waals surface area contributed by atoms with Gasteiger partial charge in [0.15, 0.2) is 0 Å². The van der Waals surface area contributed by atoms with Crippen LogP contribution in [0.3, 0.4) is 0 Å². The van der Waals surface area contributed by atoms with E-state index < -0.39 is 0 Å². The number of hydrogen-bond donors (Lipinski definition) is 2. The third-order valence-corrected chi connectivity index (χ3v) is 7.14. The Balaban J connectivity index is 1.54. The van der Waals surface area contributed by atoms with Crippen LogP contribution in [0.2, 0.25) is 0 Å². The first-order valence-corrected chi connectivity index (χ1v) is 13.7. The van der Waals surface area contributed by atoms with Crippen LogP contribution in [0, 0.1) is 13.8 Å². The van der Waals surface area contributed by atoms with E-state index in [0.29, 0.717) is 0 Å². The van der Waals surface area contributed by atoms with Crippen molar-refractivity contribution in [2.24, 2.45) is 0 Å². The fraction of sp³-hybridized carbons (Fsp3) is 0.0526. The van der Waals surface area contributed by atoms with Gasteiger partial charge in [-0.2, -0.15) is 0 Å². The minimum absolute atomic E-state index is 1.06. The molecule has 0 aliphatic heterocycles. The lowest BCUT2D eigenvalue weighted by Gasteiger charge is -2.22. The van der Waals surface area contributed by atoms with E-state index in [1.54, 1.807) is 0 Å². The van der Waals surface area contributed by atoms with Crippen molar-refractivity contribution in [3.05, 3.63) is 157 Å². The highest BCUT2D eigenvalue weighted by Crippen LogP contribution is 2.45.